The van der Waals surface area contributed by atoms with Gasteiger partial charge in [0.2, 0.25) is 5.91 Å². The van der Waals surface area contributed by atoms with Gasteiger partial charge in [-0.1, -0.05) is 12.1 Å². The molecule has 3 amide bonds. The Morgan fingerprint density at radius 2 is 1.64 bits per heavy atom. The third-order valence-corrected chi connectivity index (χ3v) is 4.20. The molecule has 3 N–H and O–H groups in total. The van der Waals surface area contributed by atoms with Gasteiger partial charge in [-0.25, -0.2) is 0 Å². The Morgan fingerprint density at radius 3 is 2.25 bits per heavy atom. The highest BCUT2D eigenvalue weighted by atomic mass is 16.5. The molecule has 1 fully saturated rings. The number of nitrogens with one attached hydrogen (secondary N) is 3. The molecule has 0 aromatic heterocycles. The van der Waals surface area contributed by atoms with Crippen molar-refractivity contribution in [1.82, 2.24) is 10.9 Å². The molecule has 1 aliphatic carbocycles. The number of rotatable bonds is 6. The van der Waals surface area contributed by atoms with E-state index in [-0.39, 0.29) is 11.8 Å². The Labute approximate surface area is 162 Å². The maximum atomic E-state index is 12.1. The maximum absolute atomic E-state index is 12.1. The van der Waals surface area contributed by atoms with E-state index in [0.717, 1.165) is 24.2 Å². The van der Waals surface area contributed by atoms with Crippen LogP contribution in [-0.2, 0) is 9.59 Å². The van der Waals surface area contributed by atoms with Crippen molar-refractivity contribution in [3.63, 3.8) is 0 Å². The van der Waals surface area contributed by atoms with E-state index in [1.54, 1.807) is 49.6 Å². The van der Waals surface area contributed by atoms with Gasteiger partial charge in [0, 0.05) is 23.2 Å². The lowest BCUT2D eigenvalue weighted by atomic mass is 10.2. The lowest BCUT2D eigenvalue weighted by molar-refractivity contribution is -0.118. The fourth-order valence-electron chi connectivity index (χ4n) is 2.41. The zero-order valence-corrected chi connectivity index (χ0v) is 15.4. The first kappa shape index (κ1) is 19.2. The molecule has 0 saturated heterocycles. The van der Waals surface area contributed by atoms with Gasteiger partial charge in [-0.3, -0.25) is 25.2 Å². The summed E-state index contributed by atoms with van der Waals surface area (Å²) in [5.41, 5.74) is 6.50. The second-order valence-corrected chi connectivity index (χ2v) is 6.39. The van der Waals surface area contributed by atoms with Crippen LogP contribution in [0.5, 0.6) is 5.75 Å². The predicted octanol–water partition coefficient (Wildman–Crippen LogP) is 2.52. The minimum absolute atomic E-state index is 0.00751. The number of methoxy groups -OCH3 is 1. The Hall–Kier alpha value is -3.61. The summed E-state index contributed by atoms with van der Waals surface area (Å²) in [5, 5.41) is 2.80. The van der Waals surface area contributed by atoms with Crippen LogP contribution in [0.4, 0.5) is 5.69 Å². The monoisotopic (exact) mass is 379 g/mol. The molecule has 7 heteroatoms. The van der Waals surface area contributed by atoms with Crippen molar-refractivity contribution in [2.75, 3.05) is 12.4 Å². The number of ether oxygens (including phenoxy) is 1. The van der Waals surface area contributed by atoms with Crippen LogP contribution in [0.1, 0.15) is 28.8 Å². The van der Waals surface area contributed by atoms with Crippen molar-refractivity contribution in [2.24, 2.45) is 5.92 Å². The highest BCUT2D eigenvalue weighted by molar-refractivity contribution is 5.99. The molecular formula is C21H21N3O4. The number of benzene rings is 2. The number of hydrogen-bond donors (Lipinski definition) is 3. The fraction of sp³-hybridized carbons (Fsp3) is 0.190. The number of carbonyl (C=O) groups excluding carboxylic acids is 3. The van der Waals surface area contributed by atoms with Crippen LogP contribution in [0.3, 0.4) is 0 Å². The van der Waals surface area contributed by atoms with Gasteiger partial charge >= 0.3 is 0 Å². The minimum Gasteiger partial charge on any atom is -0.497 e. The lowest BCUT2D eigenvalue weighted by Crippen LogP contribution is -2.40. The number of carbonyl (C=O) groups is 3. The van der Waals surface area contributed by atoms with Gasteiger partial charge in [0.1, 0.15) is 5.75 Å². The van der Waals surface area contributed by atoms with Crippen LogP contribution in [0.15, 0.2) is 54.6 Å². The average molecular weight is 379 g/mol. The highest BCUT2D eigenvalue weighted by Crippen LogP contribution is 2.30. The average Bonchev–Trinajstić information content (AvgIpc) is 3.57. The van der Waals surface area contributed by atoms with Gasteiger partial charge in [-0.2, -0.15) is 0 Å². The summed E-state index contributed by atoms with van der Waals surface area (Å²) in [5.74, 6) is -0.0620. The molecule has 0 bridgehead atoms. The summed E-state index contributed by atoms with van der Waals surface area (Å²) in [6.45, 7) is 0. The van der Waals surface area contributed by atoms with E-state index in [2.05, 4.69) is 16.2 Å². The highest BCUT2D eigenvalue weighted by Gasteiger charge is 2.29. The molecule has 3 rings (SSSR count). The Bertz CT molecular complexity index is 885. The summed E-state index contributed by atoms with van der Waals surface area (Å²) >= 11 is 0. The quantitative estimate of drug-likeness (QED) is 0.531. The standard InChI is InChI=1S/C21H21N3O4/c1-28-18-11-2-14(3-12-18)4-13-19(25)23-24-21(27)16-7-9-17(10-8-16)22-20(26)15-5-6-15/h2-4,7-13,15H,5-6H2,1H3,(H,22,26)(H,23,25)(H,24,27). The van der Waals surface area contributed by atoms with E-state index in [4.69, 9.17) is 4.74 Å². The molecular weight excluding hydrogens is 358 g/mol. The molecule has 0 unspecified atom stereocenters. The van der Waals surface area contributed by atoms with Gasteiger partial charge < -0.3 is 10.1 Å². The summed E-state index contributed by atoms with van der Waals surface area (Å²) in [7, 11) is 1.58. The van der Waals surface area contributed by atoms with Crippen LogP contribution < -0.4 is 20.9 Å². The third-order valence-electron chi connectivity index (χ3n) is 4.20. The smallest absolute Gasteiger partial charge is 0.269 e. The maximum Gasteiger partial charge on any atom is 0.269 e. The molecule has 144 valence electrons. The molecule has 1 aliphatic rings. The largest absolute Gasteiger partial charge is 0.497 e. The summed E-state index contributed by atoms with van der Waals surface area (Å²) in [6.07, 6.45) is 4.80. The van der Waals surface area contributed by atoms with Crippen molar-refractivity contribution >= 4 is 29.5 Å². The second-order valence-electron chi connectivity index (χ2n) is 6.39. The van der Waals surface area contributed by atoms with Gasteiger partial charge in [-0.05, 0) is 60.9 Å². The van der Waals surface area contributed by atoms with Gasteiger partial charge in [-0.15, -0.1) is 0 Å². The normalized spacial score (nSPS) is 13.0. The van der Waals surface area contributed by atoms with E-state index in [1.165, 1.54) is 6.08 Å². The molecule has 28 heavy (non-hydrogen) atoms. The molecule has 0 radical (unpaired) electrons. The van der Waals surface area contributed by atoms with Crippen LogP contribution in [-0.4, -0.2) is 24.8 Å². The zero-order chi connectivity index (χ0) is 19.9. The van der Waals surface area contributed by atoms with Crippen LogP contribution in [0, 0.1) is 5.92 Å². The Kier molecular flexibility index (Phi) is 6.06. The molecule has 1 saturated carbocycles. The fourth-order valence-corrected chi connectivity index (χ4v) is 2.41. The number of hydrazine groups is 1. The number of hydrogen-bond acceptors (Lipinski definition) is 4. The van der Waals surface area contributed by atoms with Crippen molar-refractivity contribution < 1.29 is 19.1 Å². The summed E-state index contributed by atoms with van der Waals surface area (Å²) in [6, 6.07) is 13.7. The van der Waals surface area contributed by atoms with Gasteiger partial charge in [0.05, 0.1) is 7.11 Å². The van der Waals surface area contributed by atoms with Crippen LogP contribution >= 0.6 is 0 Å². The molecule has 2 aromatic carbocycles. The third kappa shape index (κ3) is 5.44. The zero-order valence-electron chi connectivity index (χ0n) is 15.4. The van der Waals surface area contributed by atoms with Crippen molar-refractivity contribution in [3.05, 3.63) is 65.7 Å². The topological polar surface area (TPSA) is 96.5 Å². The van der Waals surface area contributed by atoms with Crippen molar-refractivity contribution in [1.29, 1.82) is 0 Å². The first-order valence-electron chi connectivity index (χ1n) is 8.88. The van der Waals surface area contributed by atoms with E-state index in [0.29, 0.717) is 11.3 Å². The molecule has 0 spiro atoms. The Morgan fingerprint density at radius 1 is 0.964 bits per heavy atom. The van der Waals surface area contributed by atoms with Gasteiger partial charge in [0.15, 0.2) is 0 Å². The lowest BCUT2D eigenvalue weighted by Gasteiger charge is -2.07. The van der Waals surface area contributed by atoms with E-state index < -0.39 is 11.8 Å². The summed E-state index contributed by atoms with van der Waals surface area (Å²) in [4.78, 5) is 35.6. The molecule has 7 nitrogen and oxygen atoms in total. The van der Waals surface area contributed by atoms with Crippen molar-refractivity contribution in [3.8, 4) is 5.75 Å². The SMILES string of the molecule is COc1ccc(C=CC(=O)NNC(=O)c2ccc(NC(=O)C3CC3)cc2)cc1. The molecule has 0 atom stereocenters. The first-order chi connectivity index (χ1) is 13.5. The van der Waals surface area contributed by atoms with Crippen LogP contribution in [0.2, 0.25) is 0 Å². The number of anilines is 1. The predicted molar refractivity (Wildman–Crippen MR) is 105 cm³/mol. The van der Waals surface area contributed by atoms with Crippen molar-refractivity contribution in [2.45, 2.75) is 12.8 Å². The first-order valence-corrected chi connectivity index (χ1v) is 8.88. The molecule has 0 aliphatic heterocycles. The molecule has 2 aromatic rings. The van der Waals surface area contributed by atoms with E-state index >= 15 is 0 Å². The molecule has 0 heterocycles. The van der Waals surface area contributed by atoms with Gasteiger partial charge in [0.25, 0.3) is 11.8 Å². The Balaban J connectivity index is 1.46. The van der Waals surface area contributed by atoms with E-state index in [9.17, 15) is 14.4 Å². The number of amides is 3. The van der Waals surface area contributed by atoms with E-state index in [1.807, 2.05) is 12.1 Å². The summed E-state index contributed by atoms with van der Waals surface area (Å²) < 4.78 is 5.07. The van der Waals surface area contributed by atoms with Crippen LogP contribution in [0.25, 0.3) is 6.08 Å². The minimum atomic E-state index is -0.461. The second kappa shape index (κ2) is 8.85.